The normalized spacial score (nSPS) is 43.6. The van der Waals surface area contributed by atoms with Crippen LogP contribution in [-0.4, -0.2) is 20.0 Å². The molecule has 0 aromatic rings. The van der Waals surface area contributed by atoms with Gasteiger partial charge in [0, 0.05) is 6.00 Å². The summed E-state index contributed by atoms with van der Waals surface area (Å²) >= 11 is 0. The van der Waals surface area contributed by atoms with Crippen molar-refractivity contribution in [1.82, 2.24) is 0 Å². The fourth-order valence-electron chi connectivity index (χ4n) is 1.43. The summed E-state index contributed by atoms with van der Waals surface area (Å²) < 4.78 is 5.40. The summed E-state index contributed by atoms with van der Waals surface area (Å²) in [5.41, 5.74) is 0. The summed E-state index contributed by atoms with van der Waals surface area (Å²) in [4.78, 5) is 0. The zero-order valence-electron chi connectivity index (χ0n) is 6.13. The average molecular weight is 124 g/mol. The molecule has 50 valence electrons. The first-order chi connectivity index (χ1) is 4.24. The Labute approximate surface area is 58.2 Å². The summed E-state index contributed by atoms with van der Waals surface area (Å²) in [6.07, 6.45) is 2.54. The maximum absolute atomic E-state index is 5.57. The van der Waals surface area contributed by atoms with Crippen LogP contribution in [0.5, 0.6) is 0 Å². The molecule has 2 heteroatoms. The summed E-state index contributed by atoms with van der Waals surface area (Å²) in [6.45, 7) is 4.33. The molecule has 0 bridgehead atoms. The third kappa shape index (κ3) is 1.48. The molecule has 2 radical (unpaired) electrons. The second-order valence-electron chi connectivity index (χ2n) is 2.83. The van der Waals surface area contributed by atoms with E-state index in [1.807, 2.05) is 0 Å². The van der Waals surface area contributed by atoms with Gasteiger partial charge in [-0.2, -0.15) is 0 Å². The molecule has 1 heterocycles. The zero-order chi connectivity index (χ0) is 6.85. The van der Waals surface area contributed by atoms with Gasteiger partial charge in [-0.3, -0.25) is 0 Å². The van der Waals surface area contributed by atoms with Gasteiger partial charge in [-0.1, -0.05) is 13.8 Å². The van der Waals surface area contributed by atoms with Crippen molar-refractivity contribution < 1.29 is 4.74 Å². The van der Waals surface area contributed by atoms with Gasteiger partial charge in [0.2, 0.25) is 0 Å². The second-order valence-corrected chi connectivity index (χ2v) is 2.83. The molecule has 0 aromatic carbocycles. The molecule has 1 fully saturated rings. The Bertz CT molecular complexity index is 94.9. The molecule has 9 heavy (non-hydrogen) atoms. The first-order valence-electron chi connectivity index (χ1n) is 3.65. The van der Waals surface area contributed by atoms with E-state index in [1.54, 1.807) is 0 Å². The van der Waals surface area contributed by atoms with Crippen LogP contribution in [-0.2, 0) is 4.74 Å². The van der Waals surface area contributed by atoms with E-state index < -0.39 is 0 Å². The van der Waals surface area contributed by atoms with Crippen molar-refractivity contribution in [3.8, 4) is 0 Å². The predicted molar refractivity (Wildman–Crippen MR) is 38.5 cm³/mol. The molecule has 1 nitrogen and oxygen atoms in total. The smallest absolute Gasteiger partial charge is 0.109 e. The molecule has 0 saturated carbocycles. The van der Waals surface area contributed by atoms with Crippen LogP contribution in [0.4, 0.5) is 0 Å². The molecule has 0 aliphatic carbocycles. The minimum absolute atomic E-state index is 0.00458. The second kappa shape index (κ2) is 2.74. The SMILES string of the molecule is [B][C@H]1C[C@@H](C)[C@H](CC)O1. The number of hydrogen-bond donors (Lipinski definition) is 0. The van der Waals surface area contributed by atoms with Crippen LogP contribution >= 0.6 is 0 Å². The summed E-state index contributed by atoms with van der Waals surface area (Å²) in [7, 11) is 5.57. The van der Waals surface area contributed by atoms with Gasteiger partial charge in [-0.15, -0.1) is 0 Å². The van der Waals surface area contributed by atoms with E-state index in [2.05, 4.69) is 13.8 Å². The largest absolute Gasteiger partial charge is 0.384 e. The van der Waals surface area contributed by atoms with Gasteiger partial charge in [0.15, 0.2) is 0 Å². The lowest BCUT2D eigenvalue weighted by atomic mass is 9.91. The van der Waals surface area contributed by atoms with E-state index >= 15 is 0 Å². The number of ether oxygens (including phenoxy) is 1. The summed E-state index contributed by atoms with van der Waals surface area (Å²) in [5.74, 6) is 0.657. The lowest BCUT2D eigenvalue weighted by Crippen LogP contribution is -2.12. The molecule has 0 N–H and O–H groups in total. The van der Waals surface area contributed by atoms with Gasteiger partial charge in [-0.05, 0) is 18.8 Å². The van der Waals surface area contributed by atoms with Crippen LogP contribution in [0.25, 0.3) is 0 Å². The van der Waals surface area contributed by atoms with Gasteiger partial charge in [0.1, 0.15) is 7.85 Å². The highest BCUT2D eigenvalue weighted by Gasteiger charge is 2.26. The van der Waals surface area contributed by atoms with Gasteiger partial charge < -0.3 is 4.74 Å². The van der Waals surface area contributed by atoms with Crippen molar-refractivity contribution >= 4 is 7.85 Å². The molecule has 0 aromatic heterocycles. The average Bonchev–Trinajstić information content (AvgIpc) is 2.10. The monoisotopic (exact) mass is 124 g/mol. The fourth-order valence-corrected chi connectivity index (χ4v) is 1.43. The molecule has 1 aliphatic heterocycles. The first-order valence-corrected chi connectivity index (χ1v) is 3.65. The van der Waals surface area contributed by atoms with E-state index in [0.29, 0.717) is 12.0 Å². The van der Waals surface area contributed by atoms with E-state index in [9.17, 15) is 0 Å². The Morgan fingerprint density at radius 1 is 1.67 bits per heavy atom. The van der Waals surface area contributed by atoms with Gasteiger partial charge >= 0.3 is 0 Å². The molecule has 1 saturated heterocycles. The van der Waals surface area contributed by atoms with Gasteiger partial charge in [-0.25, -0.2) is 0 Å². The fraction of sp³-hybridized carbons (Fsp3) is 1.00. The van der Waals surface area contributed by atoms with E-state index in [1.165, 1.54) is 0 Å². The molecular formula is C7H13BO. The quantitative estimate of drug-likeness (QED) is 0.479. The standard InChI is InChI=1S/C7H13BO/c1-3-6-5(2)4-7(8)9-6/h5-7H,3-4H2,1-2H3/t5-,6+,7-/m1/s1. The van der Waals surface area contributed by atoms with E-state index in [4.69, 9.17) is 12.6 Å². The van der Waals surface area contributed by atoms with E-state index in [0.717, 1.165) is 12.8 Å². The van der Waals surface area contributed by atoms with Crippen LogP contribution in [0.3, 0.4) is 0 Å². The van der Waals surface area contributed by atoms with Crippen molar-refractivity contribution in [1.29, 1.82) is 0 Å². The predicted octanol–water partition coefficient (Wildman–Crippen LogP) is 1.32. The number of rotatable bonds is 1. The Morgan fingerprint density at radius 3 is 2.56 bits per heavy atom. The third-order valence-electron chi connectivity index (χ3n) is 1.99. The highest BCUT2D eigenvalue weighted by Crippen LogP contribution is 2.25. The topological polar surface area (TPSA) is 9.23 Å². The zero-order valence-corrected chi connectivity index (χ0v) is 6.13. The van der Waals surface area contributed by atoms with Crippen molar-refractivity contribution in [2.75, 3.05) is 0 Å². The minimum atomic E-state index is 0.00458. The Hall–Kier alpha value is 0.0249. The molecule has 0 unspecified atom stereocenters. The molecular weight excluding hydrogens is 111 g/mol. The molecule has 1 rings (SSSR count). The minimum Gasteiger partial charge on any atom is -0.384 e. The lowest BCUT2D eigenvalue weighted by molar-refractivity contribution is 0.0718. The molecule has 1 aliphatic rings. The molecule has 0 spiro atoms. The van der Waals surface area contributed by atoms with E-state index in [-0.39, 0.29) is 6.00 Å². The van der Waals surface area contributed by atoms with Crippen molar-refractivity contribution in [2.45, 2.75) is 38.8 Å². The first kappa shape index (κ1) is 7.14. The maximum atomic E-state index is 5.57. The van der Waals surface area contributed by atoms with Crippen LogP contribution in [0.2, 0.25) is 0 Å². The third-order valence-corrected chi connectivity index (χ3v) is 1.99. The Morgan fingerprint density at radius 2 is 2.33 bits per heavy atom. The van der Waals surface area contributed by atoms with Crippen molar-refractivity contribution in [3.63, 3.8) is 0 Å². The van der Waals surface area contributed by atoms with Gasteiger partial charge in [0.25, 0.3) is 0 Å². The number of hydrogen-bond acceptors (Lipinski definition) is 1. The highest BCUT2D eigenvalue weighted by atomic mass is 16.5. The Balaban J connectivity index is 2.38. The maximum Gasteiger partial charge on any atom is 0.109 e. The van der Waals surface area contributed by atoms with Crippen LogP contribution < -0.4 is 0 Å². The van der Waals surface area contributed by atoms with Gasteiger partial charge in [0.05, 0.1) is 6.10 Å². The van der Waals surface area contributed by atoms with Crippen molar-refractivity contribution in [2.24, 2.45) is 5.92 Å². The molecule has 3 atom stereocenters. The molecule has 0 amide bonds. The van der Waals surface area contributed by atoms with Crippen molar-refractivity contribution in [3.05, 3.63) is 0 Å². The van der Waals surface area contributed by atoms with Crippen LogP contribution in [0, 0.1) is 5.92 Å². The Kier molecular flexibility index (Phi) is 2.17. The lowest BCUT2D eigenvalue weighted by Gasteiger charge is -2.10. The summed E-state index contributed by atoms with van der Waals surface area (Å²) in [5, 5.41) is 0. The van der Waals surface area contributed by atoms with Crippen LogP contribution in [0.15, 0.2) is 0 Å². The summed E-state index contributed by atoms with van der Waals surface area (Å²) in [6, 6.07) is 0.00458. The van der Waals surface area contributed by atoms with Crippen LogP contribution in [0.1, 0.15) is 26.7 Å². The highest BCUT2D eigenvalue weighted by molar-refractivity contribution is 6.11.